The number of amides is 1. The van der Waals surface area contributed by atoms with Gasteiger partial charge in [0.1, 0.15) is 5.75 Å². The monoisotopic (exact) mass is 263 g/mol. The van der Waals surface area contributed by atoms with Crippen LogP contribution in [0.15, 0.2) is 12.1 Å². The third-order valence-electron chi connectivity index (χ3n) is 2.97. The van der Waals surface area contributed by atoms with Crippen molar-refractivity contribution >= 4 is 23.3 Å². The van der Waals surface area contributed by atoms with E-state index in [1.54, 1.807) is 7.05 Å². The number of Topliss-reactive ketones (excluding diaryl/α,β-unsaturated/α-hetero) is 1. The zero-order valence-electron chi connectivity index (χ0n) is 10.9. The second-order valence-corrected chi connectivity index (χ2v) is 4.15. The van der Waals surface area contributed by atoms with Crippen LogP contribution in [0.1, 0.15) is 27.6 Å². The minimum atomic E-state index is -0.626. The number of likely N-dealkylation sites (N-methyl/N-ethyl adjacent to an activating group) is 1. The van der Waals surface area contributed by atoms with Gasteiger partial charge in [0.25, 0.3) is 5.91 Å². The van der Waals surface area contributed by atoms with Crippen LogP contribution in [-0.4, -0.2) is 38.4 Å². The van der Waals surface area contributed by atoms with Crippen LogP contribution in [0, 0.1) is 0 Å². The summed E-state index contributed by atoms with van der Waals surface area (Å²) < 4.78 is 9.91. The molecule has 6 nitrogen and oxygen atoms in total. The Morgan fingerprint density at radius 3 is 2.58 bits per heavy atom. The fraction of sp³-hybridized carbons (Fsp3) is 0.308. The lowest BCUT2D eigenvalue weighted by Gasteiger charge is -2.26. The number of carbonyl (C=O) groups is 3. The molecule has 0 saturated heterocycles. The maximum Gasteiger partial charge on any atom is 0.338 e. The molecule has 0 N–H and O–H groups in total. The maximum absolute atomic E-state index is 11.7. The van der Waals surface area contributed by atoms with Crippen molar-refractivity contribution in [1.82, 2.24) is 0 Å². The molecule has 19 heavy (non-hydrogen) atoms. The first kappa shape index (κ1) is 13.1. The summed E-state index contributed by atoms with van der Waals surface area (Å²) in [5.74, 6) is -0.718. The van der Waals surface area contributed by atoms with Gasteiger partial charge in [0.2, 0.25) is 0 Å². The number of methoxy groups -OCH3 is 1. The van der Waals surface area contributed by atoms with E-state index in [9.17, 15) is 14.4 Å². The Morgan fingerprint density at radius 1 is 1.32 bits per heavy atom. The van der Waals surface area contributed by atoms with Gasteiger partial charge in [0, 0.05) is 12.6 Å². The molecule has 100 valence electrons. The van der Waals surface area contributed by atoms with E-state index in [0.29, 0.717) is 11.4 Å². The zero-order chi connectivity index (χ0) is 14.2. The highest BCUT2D eigenvalue weighted by atomic mass is 16.5. The Labute approximate surface area is 109 Å². The molecule has 0 spiro atoms. The van der Waals surface area contributed by atoms with Gasteiger partial charge in [-0.05, 0) is 19.1 Å². The maximum atomic E-state index is 11.7. The number of rotatable bonds is 2. The number of anilines is 1. The van der Waals surface area contributed by atoms with Gasteiger partial charge in [0.15, 0.2) is 12.4 Å². The van der Waals surface area contributed by atoms with E-state index in [1.807, 2.05) is 0 Å². The van der Waals surface area contributed by atoms with Gasteiger partial charge in [-0.2, -0.15) is 0 Å². The highest BCUT2D eigenvalue weighted by molar-refractivity contribution is 6.08. The first-order valence-corrected chi connectivity index (χ1v) is 5.62. The molecule has 0 aliphatic carbocycles. The van der Waals surface area contributed by atoms with E-state index in [0.717, 1.165) is 0 Å². The van der Waals surface area contributed by atoms with Gasteiger partial charge in [-0.25, -0.2) is 4.79 Å². The third kappa shape index (κ3) is 2.16. The van der Waals surface area contributed by atoms with Crippen LogP contribution in [0.2, 0.25) is 0 Å². The van der Waals surface area contributed by atoms with E-state index in [-0.39, 0.29) is 29.4 Å². The summed E-state index contributed by atoms with van der Waals surface area (Å²) in [5.41, 5.74) is 0.786. The number of esters is 1. The van der Waals surface area contributed by atoms with Gasteiger partial charge >= 0.3 is 5.97 Å². The fourth-order valence-electron chi connectivity index (χ4n) is 1.89. The van der Waals surface area contributed by atoms with E-state index >= 15 is 0 Å². The predicted octanol–water partition coefficient (Wildman–Crippen LogP) is 1.03. The summed E-state index contributed by atoms with van der Waals surface area (Å²) in [5, 5.41) is 0. The molecule has 0 radical (unpaired) electrons. The summed E-state index contributed by atoms with van der Waals surface area (Å²) in [7, 11) is 2.81. The minimum Gasteiger partial charge on any atom is -0.482 e. The molecular formula is C13H13NO5. The summed E-state index contributed by atoms with van der Waals surface area (Å²) in [6.45, 7) is 1.27. The highest BCUT2D eigenvalue weighted by Gasteiger charge is 2.27. The van der Waals surface area contributed by atoms with Gasteiger partial charge < -0.3 is 14.4 Å². The van der Waals surface area contributed by atoms with Crippen molar-refractivity contribution < 1.29 is 23.9 Å². The molecule has 0 aromatic heterocycles. The molecule has 1 heterocycles. The van der Waals surface area contributed by atoms with Crippen molar-refractivity contribution in [1.29, 1.82) is 0 Å². The van der Waals surface area contributed by atoms with E-state index in [1.165, 1.54) is 31.1 Å². The third-order valence-corrected chi connectivity index (χ3v) is 2.97. The van der Waals surface area contributed by atoms with Crippen molar-refractivity contribution in [2.45, 2.75) is 6.92 Å². The lowest BCUT2D eigenvalue weighted by atomic mass is 10.0. The molecule has 1 amide bonds. The summed E-state index contributed by atoms with van der Waals surface area (Å²) in [6, 6.07) is 2.90. The predicted molar refractivity (Wildman–Crippen MR) is 66.7 cm³/mol. The topological polar surface area (TPSA) is 72.9 Å². The van der Waals surface area contributed by atoms with Gasteiger partial charge in [-0.1, -0.05) is 0 Å². The van der Waals surface area contributed by atoms with Crippen LogP contribution in [0.25, 0.3) is 0 Å². The molecule has 2 rings (SSSR count). The normalized spacial score (nSPS) is 13.6. The van der Waals surface area contributed by atoms with E-state index in [4.69, 9.17) is 4.74 Å². The molecule has 1 aromatic rings. The lowest BCUT2D eigenvalue weighted by Crippen LogP contribution is -2.35. The Kier molecular flexibility index (Phi) is 3.25. The summed E-state index contributed by atoms with van der Waals surface area (Å²) >= 11 is 0. The molecule has 6 heteroatoms. The number of fused-ring (bicyclic) bond motifs is 1. The van der Waals surface area contributed by atoms with E-state index < -0.39 is 5.97 Å². The summed E-state index contributed by atoms with van der Waals surface area (Å²) in [4.78, 5) is 36.2. The van der Waals surface area contributed by atoms with Crippen molar-refractivity contribution in [3.8, 4) is 5.75 Å². The number of hydrogen-bond acceptors (Lipinski definition) is 5. The second kappa shape index (κ2) is 4.72. The minimum absolute atomic E-state index is 0.0849. The van der Waals surface area contributed by atoms with Crippen LogP contribution in [0.4, 0.5) is 5.69 Å². The fourth-order valence-corrected chi connectivity index (χ4v) is 1.89. The molecule has 0 bridgehead atoms. The highest BCUT2D eigenvalue weighted by Crippen LogP contribution is 2.34. The number of ketones is 1. The average molecular weight is 263 g/mol. The Morgan fingerprint density at radius 2 is 2.00 bits per heavy atom. The average Bonchev–Trinajstić information content (AvgIpc) is 2.40. The Balaban J connectivity index is 2.63. The smallest absolute Gasteiger partial charge is 0.338 e. The van der Waals surface area contributed by atoms with Crippen LogP contribution in [-0.2, 0) is 9.53 Å². The molecule has 0 atom stereocenters. The molecule has 0 fully saturated rings. The standard InChI is InChI=1S/C13H13NO5/c1-7(15)8-5-11-10(4-9(8)13(17)18-3)14(2)12(16)6-19-11/h4-5H,6H2,1-3H3. The van der Waals surface area contributed by atoms with Crippen LogP contribution in [0.3, 0.4) is 0 Å². The summed E-state index contributed by atoms with van der Waals surface area (Å²) in [6.07, 6.45) is 0. The van der Waals surface area contributed by atoms with Crippen LogP contribution < -0.4 is 9.64 Å². The number of benzene rings is 1. The second-order valence-electron chi connectivity index (χ2n) is 4.15. The first-order chi connectivity index (χ1) is 8.95. The Bertz CT molecular complexity index is 579. The van der Waals surface area contributed by atoms with Crippen molar-refractivity contribution in [2.75, 3.05) is 25.7 Å². The number of hydrogen-bond donors (Lipinski definition) is 0. The van der Waals surface area contributed by atoms with Crippen LogP contribution >= 0.6 is 0 Å². The van der Waals surface area contributed by atoms with Gasteiger partial charge in [-0.3, -0.25) is 9.59 Å². The number of nitrogens with zero attached hydrogens (tertiary/aromatic N) is 1. The molecule has 1 aliphatic heterocycles. The SMILES string of the molecule is COC(=O)c1cc2c(cc1C(C)=O)OCC(=O)N2C. The Hall–Kier alpha value is -2.37. The first-order valence-electron chi connectivity index (χ1n) is 5.62. The molecular weight excluding hydrogens is 250 g/mol. The van der Waals surface area contributed by atoms with Crippen LogP contribution in [0.5, 0.6) is 5.75 Å². The van der Waals surface area contributed by atoms with Gasteiger partial charge in [0.05, 0.1) is 18.4 Å². The van der Waals surface area contributed by atoms with Crippen molar-refractivity contribution in [3.05, 3.63) is 23.3 Å². The quantitative estimate of drug-likeness (QED) is 0.588. The molecule has 0 unspecified atom stereocenters. The zero-order valence-corrected chi connectivity index (χ0v) is 10.9. The van der Waals surface area contributed by atoms with Crippen molar-refractivity contribution in [2.24, 2.45) is 0 Å². The molecule has 1 aromatic carbocycles. The number of ether oxygens (including phenoxy) is 2. The largest absolute Gasteiger partial charge is 0.482 e. The van der Waals surface area contributed by atoms with E-state index in [2.05, 4.69) is 4.74 Å². The lowest BCUT2D eigenvalue weighted by molar-refractivity contribution is -0.120. The molecule has 1 aliphatic rings. The number of carbonyl (C=O) groups excluding carboxylic acids is 3. The molecule has 0 saturated carbocycles. The van der Waals surface area contributed by atoms with Gasteiger partial charge in [-0.15, -0.1) is 0 Å². The van der Waals surface area contributed by atoms with Crippen molar-refractivity contribution in [3.63, 3.8) is 0 Å².